The number of anilines is 2. The first-order valence-electron chi connectivity index (χ1n) is 20.7. The van der Waals surface area contributed by atoms with E-state index in [1.54, 1.807) is 0 Å². The van der Waals surface area contributed by atoms with Gasteiger partial charge in [-0.15, -0.1) is 0 Å². The largest absolute Gasteiger partial charge is 0.355 e. The smallest absolute Gasteiger partial charge is 0.197 e. The second-order valence-corrected chi connectivity index (χ2v) is 18.0. The summed E-state index contributed by atoms with van der Waals surface area (Å²) in [5, 5.41) is 9.29. The number of hydrogen-bond acceptors (Lipinski definition) is 1. The van der Waals surface area contributed by atoms with Gasteiger partial charge in [-0.1, -0.05) is 145 Å². The lowest BCUT2D eigenvalue weighted by molar-refractivity contribution is 0.590. The number of nitrogens with zero attached hydrogens (tertiary/aromatic N) is 1. The number of para-hydroxylation sites is 1. The third kappa shape index (κ3) is 5.30. The number of fused-ring (bicyclic) bond motifs is 10. The number of aryl methyl sites for hydroxylation is 2. The Labute approximate surface area is 332 Å². The maximum atomic E-state index is 4.00. The van der Waals surface area contributed by atoms with Gasteiger partial charge in [0.05, 0.1) is 5.52 Å². The third-order valence-corrected chi connectivity index (χ3v) is 12.9. The molecule has 2 nitrogen and oxygen atoms in total. The van der Waals surface area contributed by atoms with Crippen LogP contribution in [0, 0.1) is 6.92 Å². The van der Waals surface area contributed by atoms with E-state index in [0.29, 0.717) is 0 Å². The van der Waals surface area contributed by atoms with Gasteiger partial charge in [0.25, 0.3) is 0 Å². The highest BCUT2D eigenvalue weighted by molar-refractivity contribution is 6.73. The fraction of sp³-hybridized carbons (Fsp3) is 0.245. The quantitative estimate of drug-likeness (QED) is 0.128. The Balaban J connectivity index is 1.23. The molecule has 0 spiro atoms. The summed E-state index contributed by atoms with van der Waals surface area (Å²) < 4.78 is 2.54. The maximum absolute atomic E-state index is 4.00. The van der Waals surface area contributed by atoms with Crippen LogP contribution in [0.1, 0.15) is 88.6 Å². The van der Waals surface area contributed by atoms with Crippen LogP contribution in [0.3, 0.4) is 0 Å². The van der Waals surface area contributed by atoms with E-state index in [-0.39, 0.29) is 10.8 Å². The Morgan fingerprint density at radius 1 is 0.714 bits per heavy atom. The van der Waals surface area contributed by atoms with Gasteiger partial charge >= 0.3 is 0 Å². The van der Waals surface area contributed by atoms with Crippen molar-refractivity contribution in [2.24, 2.45) is 0 Å². The van der Waals surface area contributed by atoms with Crippen molar-refractivity contribution in [1.29, 1.82) is 0 Å². The molecule has 1 N–H and O–H groups in total. The molecule has 0 unspecified atom stereocenters. The highest BCUT2D eigenvalue weighted by Gasteiger charge is 2.38. The number of unbranched alkanes of at least 4 members (excludes halogenated alkanes) is 2. The van der Waals surface area contributed by atoms with Gasteiger partial charge in [-0.3, -0.25) is 0 Å². The molecule has 10 rings (SSSR count). The van der Waals surface area contributed by atoms with Gasteiger partial charge in [0.2, 0.25) is 0 Å². The van der Waals surface area contributed by atoms with Crippen LogP contribution in [-0.4, -0.2) is 11.8 Å². The molecule has 1 aliphatic carbocycles. The number of hydrogen-bond donors (Lipinski definition) is 1. The molecule has 1 aliphatic heterocycles. The Morgan fingerprint density at radius 3 is 2.27 bits per heavy atom. The SMILES string of the molecule is CCCCCc1ccc(Nc2cc3c(cc2-c2cc(C)c4c5ccccc5n5c4c2[B]c2cc(C(C)(C)C)ccc2-5)C(C)(C)c2c-3ccc3ccccc23)cc1. The first kappa shape index (κ1) is 34.9. The van der Waals surface area contributed by atoms with Gasteiger partial charge in [0, 0.05) is 44.3 Å². The summed E-state index contributed by atoms with van der Waals surface area (Å²) in [5.74, 6) is 0. The van der Waals surface area contributed by atoms with Crippen molar-refractivity contribution in [3.8, 4) is 27.9 Å². The zero-order valence-corrected chi connectivity index (χ0v) is 33.9. The van der Waals surface area contributed by atoms with Crippen LogP contribution in [-0.2, 0) is 17.3 Å². The minimum atomic E-state index is -0.178. The van der Waals surface area contributed by atoms with Crippen LogP contribution in [0.4, 0.5) is 11.4 Å². The molecule has 8 aromatic rings. The van der Waals surface area contributed by atoms with E-state index in [4.69, 9.17) is 0 Å². The van der Waals surface area contributed by atoms with Crippen molar-refractivity contribution in [1.82, 2.24) is 4.57 Å². The van der Waals surface area contributed by atoms with E-state index in [0.717, 1.165) is 17.8 Å². The molecule has 0 fully saturated rings. The molecule has 7 aromatic carbocycles. The van der Waals surface area contributed by atoms with Crippen LogP contribution in [0.25, 0.3) is 60.5 Å². The molecular formula is C53H50BN2. The number of aromatic nitrogens is 1. The van der Waals surface area contributed by atoms with Gasteiger partial charge in [-0.2, -0.15) is 0 Å². The van der Waals surface area contributed by atoms with Gasteiger partial charge in [0.15, 0.2) is 7.28 Å². The van der Waals surface area contributed by atoms with E-state index < -0.39 is 0 Å². The normalized spacial score (nSPS) is 13.8. The molecule has 56 heavy (non-hydrogen) atoms. The predicted molar refractivity (Wildman–Crippen MR) is 243 cm³/mol. The molecule has 0 saturated heterocycles. The molecular weight excluding hydrogens is 675 g/mol. The lowest BCUT2D eigenvalue weighted by atomic mass is 9.58. The van der Waals surface area contributed by atoms with Crippen LogP contribution in [0.2, 0.25) is 0 Å². The first-order chi connectivity index (χ1) is 27.0. The van der Waals surface area contributed by atoms with Gasteiger partial charge in [0.1, 0.15) is 0 Å². The zero-order chi connectivity index (χ0) is 38.5. The fourth-order valence-electron chi connectivity index (χ4n) is 9.96. The Kier molecular flexibility index (Phi) is 7.95. The standard InChI is InChI=1S/C53H50BN2/c1-8-9-10-15-33-20-24-36(25-21-33)55-45-31-40-38-26-22-34-16-11-12-17-37(34)49(38)53(6,7)43(40)30-41(45)42-28-32(2)48-39-18-13-14-19-46(39)56-47-27-23-35(52(3,4)5)29-44(47)54-50(42)51(48)56/h11-14,16-31,55H,8-10,15H2,1-7H3. The molecule has 0 atom stereocenters. The van der Waals surface area contributed by atoms with Crippen molar-refractivity contribution in [3.05, 3.63) is 149 Å². The Bertz CT molecular complexity index is 2880. The average Bonchev–Trinajstić information content (AvgIpc) is 3.66. The summed E-state index contributed by atoms with van der Waals surface area (Å²) in [6.45, 7) is 16.4. The number of benzene rings is 7. The molecule has 2 aliphatic rings. The van der Waals surface area contributed by atoms with Gasteiger partial charge in [-0.05, 0) is 122 Å². The monoisotopic (exact) mass is 725 g/mol. The molecule has 0 saturated carbocycles. The fourth-order valence-corrected chi connectivity index (χ4v) is 9.96. The molecule has 2 heterocycles. The van der Waals surface area contributed by atoms with Crippen molar-refractivity contribution < 1.29 is 0 Å². The van der Waals surface area contributed by atoms with Crippen molar-refractivity contribution in [3.63, 3.8) is 0 Å². The number of rotatable bonds is 7. The molecule has 0 bridgehead atoms. The van der Waals surface area contributed by atoms with Crippen LogP contribution >= 0.6 is 0 Å². The molecule has 1 radical (unpaired) electrons. The van der Waals surface area contributed by atoms with E-state index in [2.05, 4.69) is 187 Å². The van der Waals surface area contributed by atoms with Crippen molar-refractivity contribution in [2.45, 2.75) is 85.0 Å². The van der Waals surface area contributed by atoms with E-state index in [9.17, 15) is 0 Å². The first-order valence-corrected chi connectivity index (χ1v) is 20.7. The zero-order valence-electron chi connectivity index (χ0n) is 33.9. The lowest BCUT2D eigenvalue weighted by Crippen LogP contribution is -2.38. The topological polar surface area (TPSA) is 17.0 Å². The summed E-state index contributed by atoms with van der Waals surface area (Å²) in [6, 6.07) is 46.3. The number of nitrogens with one attached hydrogen (secondary N) is 1. The Morgan fingerprint density at radius 2 is 1.48 bits per heavy atom. The lowest BCUT2D eigenvalue weighted by Gasteiger charge is -2.28. The molecule has 1 aromatic heterocycles. The van der Waals surface area contributed by atoms with E-state index >= 15 is 0 Å². The maximum Gasteiger partial charge on any atom is 0.197 e. The second-order valence-electron chi connectivity index (χ2n) is 18.0. The second kappa shape index (κ2) is 12.7. The van der Waals surface area contributed by atoms with Crippen LogP contribution in [0.15, 0.2) is 121 Å². The highest BCUT2D eigenvalue weighted by atomic mass is 15.0. The summed E-state index contributed by atoms with van der Waals surface area (Å²) >= 11 is 0. The molecule has 275 valence electrons. The van der Waals surface area contributed by atoms with Gasteiger partial charge < -0.3 is 9.88 Å². The minimum Gasteiger partial charge on any atom is -0.355 e. The van der Waals surface area contributed by atoms with Crippen molar-refractivity contribution >= 4 is 62.2 Å². The highest BCUT2D eigenvalue weighted by Crippen LogP contribution is 2.54. The summed E-state index contributed by atoms with van der Waals surface area (Å²) in [4.78, 5) is 0. The van der Waals surface area contributed by atoms with E-state index in [1.807, 2.05) is 0 Å². The summed E-state index contributed by atoms with van der Waals surface area (Å²) in [6.07, 6.45) is 4.88. The van der Waals surface area contributed by atoms with E-state index in [1.165, 1.54) is 119 Å². The molecule has 0 amide bonds. The minimum absolute atomic E-state index is 0.0424. The third-order valence-electron chi connectivity index (χ3n) is 12.9. The van der Waals surface area contributed by atoms with Crippen LogP contribution in [0.5, 0.6) is 0 Å². The molecule has 3 heteroatoms. The van der Waals surface area contributed by atoms with Crippen molar-refractivity contribution in [2.75, 3.05) is 5.32 Å². The Hall–Kier alpha value is -5.54. The van der Waals surface area contributed by atoms with Gasteiger partial charge in [-0.25, -0.2) is 0 Å². The predicted octanol–water partition coefficient (Wildman–Crippen LogP) is 13.0. The van der Waals surface area contributed by atoms with Crippen LogP contribution < -0.4 is 16.2 Å². The summed E-state index contributed by atoms with van der Waals surface area (Å²) in [7, 11) is 2.48. The summed E-state index contributed by atoms with van der Waals surface area (Å²) in [5.41, 5.74) is 20.5. The average molecular weight is 726 g/mol.